The zero-order valence-electron chi connectivity index (χ0n) is 43.4. The van der Waals surface area contributed by atoms with Gasteiger partial charge < -0.3 is 34.5 Å². The smallest absolute Gasteiger partial charge is 0.281 e. The van der Waals surface area contributed by atoms with E-state index in [2.05, 4.69) is 75.3 Å². The lowest BCUT2D eigenvalue weighted by Crippen LogP contribution is -2.22. The number of amidine groups is 1. The summed E-state index contributed by atoms with van der Waals surface area (Å²) < 4.78 is 18.8. The zero-order valence-corrected chi connectivity index (χ0v) is 45.1. The van der Waals surface area contributed by atoms with Crippen LogP contribution in [-0.4, -0.2) is 75.7 Å². The van der Waals surface area contributed by atoms with Crippen LogP contribution in [0.4, 0.5) is 0 Å². The second kappa shape index (κ2) is 34.9. The molecule has 0 spiro atoms. The van der Waals surface area contributed by atoms with Gasteiger partial charge in [0, 0.05) is 83.9 Å². The average Bonchev–Trinajstić information content (AvgIpc) is 4.15. The molecule has 1 aliphatic rings. The number of aromatic amines is 3. The lowest BCUT2D eigenvalue weighted by atomic mass is 10.1. The first-order chi connectivity index (χ1) is 32.1. The monoisotopic (exact) mass is 1010 g/mol. The molecule has 0 bridgehead atoms. The van der Waals surface area contributed by atoms with Crippen LogP contribution in [0, 0.1) is 17.8 Å². The van der Waals surface area contributed by atoms with Crippen molar-refractivity contribution in [1.29, 1.82) is 0 Å². The predicted octanol–water partition coefficient (Wildman–Crippen LogP) is 8.24. The second-order valence-electron chi connectivity index (χ2n) is 17.2. The summed E-state index contributed by atoms with van der Waals surface area (Å²) in [4.78, 5) is 63.1. The molecule has 1 aliphatic heterocycles. The lowest BCUT2D eigenvalue weighted by Gasteiger charge is -2.01. The minimum absolute atomic E-state index is 0.0173. The largest absolute Gasteiger partial charge is 0.505 e. The van der Waals surface area contributed by atoms with Crippen LogP contribution < -0.4 is 32.7 Å². The van der Waals surface area contributed by atoms with Gasteiger partial charge in [-0.2, -0.15) is 14.6 Å². The van der Waals surface area contributed by atoms with Gasteiger partial charge in [0.15, 0.2) is 17.3 Å². The maximum absolute atomic E-state index is 11.1. The number of hydrogen-bond donors (Lipinski definition) is 8. The number of carbonyl (C=O) groups is 2. The van der Waals surface area contributed by atoms with E-state index in [-0.39, 0.29) is 63.5 Å². The summed E-state index contributed by atoms with van der Waals surface area (Å²) >= 11 is 2.53. The van der Waals surface area contributed by atoms with Crippen molar-refractivity contribution in [3.8, 4) is 11.5 Å². The van der Waals surface area contributed by atoms with Crippen LogP contribution in [0.3, 0.4) is 0 Å². The van der Waals surface area contributed by atoms with E-state index in [1.165, 1.54) is 24.1 Å². The fraction of sp³-hybridized carbons (Fsp3) is 0.565. The Hall–Kier alpha value is -6.36. The number of furan rings is 1. The summed E-state index contributed by atoms with van der Waals surface area (Å²) in [6.45, 7) is 34.9. The number of carbonyl (C=O) groups excluding carboxylic acids is 2. The van der Waals surface area contributed by atoms with E-state index >= 15 is 0 Å². The number of H-pyrrole nitrogens is 3. The quantitative estimate of drug-likeness (QED) is 0.0726. The molecule has 8 N–H and O–H groups in total. The van der Waals surface area contributed by atoms with Crippen molar-refractivity contribution in [2.75, 3.05) is 14.1 Å². The van der Waals surface area contributed by atoms with Gasteiger partial charge in [-0.15, -0.1) is 10.2 Å². The van der Waals surface area contributed by atoms with Gasteiger partial charge in [0.1, 0.15) is 29.8 Å². The maximum Gasteiger partial charge on any atom is 0.281 e. The fourth-order valence-corrected chi connectivity index (χ4v) is 5.46. The number of hydroxylamine groups is 1. The van der Waals surface area contributed by atoms with Gasteiger partial charge in [-0.1, -0.05) is 128 Å². The Morgan fingerprint density at radius 3 is 1.52 bits per heavy atom. The van der Waals surface area contributed by atoms with Crippen molar-refractivity contribution in [2.24, 2.45) is 22.7 Å². The third-order valence-electron chi connectivity index (χ3n) is 8.33. The van der Waals surface area contributed by atoms with Crippen LogP contribution >= 0.6 is 23.3 Å². The summed E-state index contributed by atoms with van der Waals surface area (Å²) in [5, 5.41) is 36.1. The Morgan fingerprint density at radius 2 is 1.30 bits per heavy atom. The number of rotatable bonds is 8. The topological polar surface area (TPSA) is 309 Å². The third-order valence-corrected chi connectivity index (χ3v) is 10.0. The average molecular weight is 1010 g/mol. The van der Waals surface area contributed by atoms with Crippen molar-refractivity contribution < 1.29 is 33.5 Å². The highest BCUT2D eigenvalue weighted by Gasteiger charge is 2.12. The van der Waals surface area contributed by atoms with E-state index in [9.17, 15) is 24.0 Å². The molecule has 0 aromatic carbocycles. The molecule has 69 heavy (non-hydrogen) atoms. The molecule has 6 rings (SSSR count). The van der Waals surface area contributed by atoms with E-state index < -0.39 is 0 Å². The number of aromatic hydroxyl groups is 2. The van der Waals surface area contributed by atoms with Crippen LogP contribution in [0.2, 0.25) is 0 Å². The molecular weight excluding hydrogens is 931 g/mol. The first-order valence-electron chi connectivity index (χ1n) is 22.3. The van der Waals surface area contributed by atoms with Gasteiger partial charge >= 0.3 is 0 Å². The SMILES string of the molecule is C=C1N=C(C(C)C)NO1.CC(C)c1cc(=O)[nH]s1.CC(C)c1cc(O)co1.CC(C)c1cocc(O)c1=O.CC(C)c1nn[nH]n1.CC(C)c1ns[nH]c1=O.CNC(=O)C(C)C.CNC(=O)C(C)C. The van der Waals surface area contributed by atoms with Gasteiger partial charge in [-0.05, 0) is 18.4 Å². The number of nitrogens with one attached hydrogen (secondary N) is 6. The van der Waals surface area contributed by atoms with Gasteiger partial charge in [0.2, 0.25) is 23.1 Å². The number of aromatic nitrogens is 7. The maximum atomic E-state index is 11.1. The zero-order chi connectivity index (χ0) is 53.6. The van der Waals surface area contributed by atoms with Crippen LogP contribution in [-0.2, 0) is 14.4 Å². The summed E-state index contributed by atoms with van der Waals surface area (Å²) in [6.07, 6.45) is 3.75. The molecule has 0 aliphatic carbocycles. The second-order valence-corrected chi connectivity index (χ2v) is 18.6. The Kier molecular flexibility index (Phi) is 32.7. The van der Waals surface area contributed by atoms with Crippen molar-refractivity contribution in [3.05, 3.63) is 102 Å². The molecule has 0 unspecified atom stereocenters. The van der Waals surface area contributed by atoms with E-state index in [1.807, 2.05) is 96.9 Å². The highest BCUT2D eigenvalue weighted by molar-refractivity contribution is 7.05. The van der Waals surface area contributed by atoms with Crippen LogP contribution in [0.25, 0.3) is 0 Å². The number of aliphatic imine (C=N–C) groups is 1. The molecule has 2 amide bonds. The Morgan fingerprint density at radius 1 is 0.725 bits per heavy atom. The van der Waals surface area contributed by atoms with Crippen molar-refractivity contribution in [3.63, 3.8) is 0 Å². The summed E-state index contributed by atoms with van der Waals surface area (Å²) in [6, 6.07) is 3.28. The molecule has 5 aromatic heterocycles. The molecule has 6 heterocycles. The first-order valence-corrected chi connectivity index (χ1v) is 23.9. The highest BCUT2D eigenvalue weighted by atomic mass is 32.1. The van der Waals surface area contributed by atoms with Crippen LogP contribution in [0.5, 0.6) is 11.5 Å². The van der Waals surface area contributed by atoms with Gasteiger partial charge in [0.05, 0.1) is 6.26 Å². The first kappa shape index (κ1) is 64.7. The van der Waals surface area contributed by atoms with Crippen molar-refractivity contribution in [2.45, 2.75) is 140 Å². The highest BCUT2D eigenvalue weighted by Crippen LogP contribution is 2.21. The molecular formula is C46H77N11O10S2. The van der Waals surface area contributed by atoms with Crippen LogP contribution in [0.15, 0.2) is 71.6 Å². The van der Waals surface area contributed by atoms with Gasteiger partial charge in [0.25, 0.3) is 11.1 Å². The minimum atomic E-state index is -0.341. The number of hydrogen-bond acceptors (Lipinski definition) is 18. The molecule has 23 heteroatoms. The molecule has 21 nitrogen and oxygen atoms in total. The Labute approximate surface area is 413 Å². The molecule has 0 fully saturated rings. The van der Waals surface area contributed by atoms with E-state index in [1.54, 1.807) is 26.2 Å². The van der Waals surface area contributed by atoms with Crippen molar-refractivity contribution in [1.82, 2.24) is 49.9 Å². The fourth-order valence-electron chi connectivity index (χ4n) is 4.16. The van der Waals surface area contributed by atoms with E-state index in [0.29, 0.717) is 40.8 Å². The Balaban J connectivity index is 0. The van der Waals surface area contributed by atoms with Crippen LogP contribution in [0.1, 0.15) is 168 Å². The summed E-state index contributed by atoms with van der Waals surface area (Å²) in [5.74, 6) is 5.08. The molecule has 0 atom stereocenters. The number of nitrogens with zero attached hydrogens (tertiary/aromatic N) is 5. The van der Waals surface area contributed by atoms with Gasteiger partial charge in [-0.3, -0.25) is 32.7 Å². The lowest BCUT2D eigenvalue weighted by molar-refractivity contribution is -0.124. The molecule has 0 saturated carbocycles. The predicted molar refractivity (Wildman–Crippen MR) is 273 cm³/mol. The third kappa shape index (κ3) is 28.5. The van der Waals surface area contributed by atoms with Gasteiger partial charge in [-0.25, -0.2) is 5.48 Å². The standard InChI is InChI=1S/C8H10O3.C7H10O2.C6H10N2O.C6H9NOS.C5H8N2OS.2C5H11NO.C4H8N4/c1-5(2)6-3-11-4-7(9)8(6)10;1-5(2)7-3-6(8)4-9-7;1-4(2)6-7-5(3)9-8-6;1-4(2)5-3-6(8)7-9-5;1-3(2)4-5(8)7-9-6-4;2*1-4(2)5(7)6-3;1-3(2)4-5-7-8-6-4/h3-5,9H,1-2H3;3-5,8H,1-2H3;4H,3H2,1-2H3,(H,7,8);3-4H,1-2H3,(H,7,8);3H,1-2H3,(H,7,8);2*4H,1-3H3,(H,6,7);3H,1-2H3,(H,5,6,7,8). The summed E-state index contributed by atoms with van der Waals surface area (Å²) in [7, 11) is 3.28. The molecule has 388 valence electrons. The number of tetrazole rings is 1. The normalized spacial score (nSPS) is 11.1. The minimum Gasteiger partial charge on any atom is -0.505 e. The molecule has 0 saturated heterocycles. The van der Waals surface area contributed by atoms with E-state index in [4.69, 9.17) is 23.9 Å². The number of amides is 2. The Bertz CT molecular complexity index is 2350. The summed E-state index contributed by atoms with van der Waals surface area (Å²) in [5.41, 5.74) is 3.43. The molecule has 0 radical (unpaired) electrons. The molecule has 5 aromatic rings. The van der Waals surface area contributed by atoms with Crippen molar-refractivity contribution >= 4 is 40.9 Å². The van der Waals surface area contributed by atoms with E-state index in [0.717, 1.165) is 40.3 Å².